The van der Waals surface area contributed by atoms with E-state index < -0.39 is 0 Å². The van der Waals surface area contributed by atoms with Crippen LogP contribution < -0.4 is 5.32 Å². The lowest BCUT2D eigenvalue weighted by atomic mass is 10.1. The monoisotopic (exact) mass is 350 g/mol. The van der Waals surface area contributed by atoms with Crippen LogP contribution in [0.2, 0.25) is 0 Å². The largest absolute Gasteiger partial charge is 0.355 e. The Kier molecular flexibility index (Phi) is 5.02. The number of nitrogens with one attached hydrogen (secondary N) is 1. The first-order chi connectivity index (χ1) is 12.5. The molecule has 0 fully saturated rings. The van der Waals surface area contributed by atoms with Crippen LogP contribution in [0.1, 0.15) is 27.2 Å². The van der Waals surface area contributed by atoms with E-state index in [9.17, 15) is 9.59 Å². The molecule has 26 heavy (non-hydrogen) atoms. The SMILES string of the molecule is CNC(=O)c1ccc(CN(C)C(=O)Cc2cn3cccc(C)c3n2)cc1. The lowest BCUT2D eigenvalue weighted by molar-refractivity contribution is -0.129. The molecule has 0 saturated heterocycles. The zero-order chi connectivity index (χ0) is 18.7. The molecule has 2 heterocycles. The van der Waals surface area contributed by atoms with Crippen molar-refractivity contribution in [3.05, 3.63) is 71.2 Å². The number of amides is 2. The highest BCUT2D eigenvalue weighted by molar-refractivity contribution is 5.93. The topological polar surface area (TPSA) is 66.7 Å². The van der Waals surface area contributed by atoms with Crippen molar-refractivity contribution in [3.8, 4) is 0 Å². The average molecular weight is 350 g/mol. The van der Waals surface area contributed by atoms with E-state index in [1.165, 1.54) is 0 Å². The summed E-state index contributed by atoms with van der Waals surface area (Å²) in [5.41, 5.74) is 4.29. The van der Waals surface area contributed by atoms with Gasteiger partial charge in [-0.05, 0) is 36.2 Å². The van der Waals surface area contributed by atoms with E-state index in [1.807, 2.05) is 48.0 Å². The number of likely N-dealkylation sites (N-methyl/N-ethyl adjacent to an activating group) is 1. The lowest BCUT2D eigenvalue weighted by Gasteiger charge is -2.17. The first kappa shape index (κ1) is 17.7. The van der Waals surface area contributed by atoms with Crippen LogP contribution in [0.3, 0.4) is 0 Å². The summed E-state index contributed by atoms with van der Waals surface area (Å²) in [7, 11) is 3.37. The van der Waals surface area contributed by atoms with Crippen molar-refractivity contribution in [2.75, 3.05) is 14.1 Å². The van der Waals surface area contributed by atoms with E-state index in [0.29, 0.717) is 12.1 Å². The number of carbonyl (C=O) groups excluding carboxylic acids is 2. The van der Waals surface area contributed by atoms with Gasteiger partial charge in [-0.2, -0.15) is 0 Å². The minimum Gasteiger partial charge on any atom is -0.355 e. The number of fused-ring (bicyclic) bond motifs is 1. The second-order valence-corrected chi connectivity index (χ2v) is 6.36. The molecule has 2 aromatic heterocycles. The molecule has 0 bridgehead atoms. The third kappa shape index (κ3) is 3.74. The van der Waals surface area contributed by atoms with Crippen molar-refractivity contribution in [3.63, 3.8) is 0 Å². The molecule has 0 saturated carbocycles. The summed E-state index contributed by atoms with van der Waals surface area (Å²) in [5.74, 6) is -0.121. The van der Waals surface area contributed by atoms with Gasteiger partial charge in [0, 0.05) is 38.6 Å². The number of pyridine rings is 1. The number of carbonyl (C=O) groups is 2. The highest BCUT2D eigenvalue weighted by Gasteiger charge is 2.13. The Morgan fingerprint density at radius 2 is 1.92 bits per heavy atom. The molecule has 134 valence electrons. The van der Waals surface area contributed by atoms with Crippen LogP contribution in [0.15, 0.2) is 48.8 Å². The number of benzene rings is 1. The molecule has 0 atom stereocenters. The zero-order valence-corrected chi connectivity index (χ0v) is 15.2. The predicted octanol–water partition coefficient (Wildman–Crippen LogP) is 2.20. The molecule has 0 radical (unpaired) electrons. The molecular weight excluding hydrogens is 328 g/mol. The van der Waals surface area contributed by atoms with Crippen LogP contribution in [0.5, 0.6) is 0 Å². The van der Waals surface area contributed by atoms with Crippen LogP contribution in [0.4, 0.5) is 0 Å². The average Bonchev–Trinajstić information content (AvgIpc) is 3.05. The molecule has 0 aliphatic rings. The van der Waals surface area contributed by atoms with E-state index in [-0.39, 0.29) is 18.2 Å². The van der Waals surface area contributed by atoms with Crippen LogP contribution in [0.25, 0.3) is 5.65 Å². The second kappa shape index (κ2) is 7.39. The van der Waals surface area contributed by atoms with Gasteiger partial charge in [0.1, 0.15) is 5.65 Å². The Morgan fingerprint density at radius 3 is 2.58 bits per heavy atom. The lowest BCUT2D eigenvalue weighted by Crippen LogP contribution is -2.27. The van der Waals surface area contributed by atoms with Gasteiger partial charge in [-0.3, -0.25) is 9.59 Å². The maximum absolute atomic E-state index is 12.5. The summed E-state index contributed by atoms with van der Waals surface area (Å²) in [6, 6.07) is 11.2. The van der Waals surface area contributed by atoms with E-state index in [2.05, 4.69) is 10.3 Å². The van der Waals surface area contributed by atoms with Gasteiger partial charge in [0.25, 0.3) is 5.91 Å². The predicted molar refractivity (Wildman–Crippen MR) is 99.9 cm³/mol. The molecule has 0 unspecified atom stereocenters. The fourth-order valence-corrected chi connectivity index (χ4v) is 2.85. The van der Waals surface area contributed by atoms with Crippen LogP contribution >= 0.6 is 0 Å². The Balaban J connectivity index is 1.65. The number of aryl methyl sites for hydroxylation is 1. The number of hydrogen-bond donors (Lipinski definition) is 1. The molecule has 6 nitrogen and oxygen atoms in total. The Morgan fingerprint density at radius 1 is 1.19 bits per heavy atom. The number of imidazole rings is 1. The standard InChI is InChI=1S/C20H22N4O2/c1-14-5-4-10-24-13-17(22-19(14)24)11-18(25)23(3)12-15-6-8-16(9-7-15)20(26)21-2/h4-10,13H,11-12H2,1-3H3,(H,21,26). The molecule has 2 amide bonds. The summed E-state index contributed by atoms with van der Waals surface area (Å²) in [4.78, 5) is 30.3. The van der Waals surface area contributed by atoms with E-state index in [0.717, 1.165) is 22.5 Å². The minimum atomic E-state index is -0.122. The number of rotatable bonds is 5. The molecule has 1 N–H and O–H groups in total. The Hall–Kier alpha value is -3.15. The molecule has 0 aliphatic carbocycles. The van der Waals surface area contributed by atoms with Gasteiger partial charge in [0.15, 0.2) is 0 Å². The fraction of sp³-hybridized carbons (Fsp3) is 0.250. The Labute approximate surface area is 152 Å². The molecule has 0 aliphatic heterocycles. The van der Waals surface area contributed by atoms with Gasteiger partial charge in [-0.25, -0.2) is 4.98 Å². The van der Waals surface area contributed by atoms with Gasteiger partial charge >= 0.3 is 0 Å². The number of hydrogen-bond acceptors (Lipinski definition) is 3. The third-order valence-electron chi connectivity index (χ3n) is 4.35. The summed E-state index contributed by atoms with van der Waals surface area (Å²) < 4.78 is 1.94. The molecule has 3 aromatic rings. The van der Waals surface area contributed by atoms with Crippen molar-refractivity contribution >= 4 is 17.5 Å². The van der Waals surface area contributed by atoms with Gasteiger partial charge < -0.3 is 14.6 Å². The van der Waals surface area contributed by atoms with Gasteiger partial charge in [-0.1, -0.05) is 18.2 Å². The molecule has 6 heteroatoms. The van der Waals surface area contributed by atoms with Crippen molar-refractivity contribution in [1.82, 2.24) is 19.6 Å². The second-order valence-electron chi connectivity index (χ2n) is 6.36. The highest BCUT2D eigenvalue weighted by atomic mass is 16.2. The van der Waals surface area contributed by atoms with Crippen LogP contribution in [-0.4, -0.2) is 40.2 Å². The zero-order valence-electron chi connectivity index (χ0n) is 15.2. The molecular formula is C20H22N4O2. The summed E-state index contributed by atoms with van der Waals surface area (Å²) in [6.07, 6.45) is 4.08. The van der Waals surface area contributed by atoms with Gasteiger partial charge in [-0.15, -0.1) is 0 Å². The molecule has 0 spiro atoms. The molecule has 3 rings (SSSR count). The highest BCUT2D eigenvalue weighted by Crippen LogP contribution is 2.12. The van der Waals surface area contributed by atoms with Gasteiger partial charge in [0.2, 0.25) is 5.91 Å². The molecule has 1 aromatic carbocycles. The van der Waals surface area contributed by atoms with E-state index >= 15 is 0 Å². The summed E-state index contributed by atoms with van der Waals surface area (Å²) in [6.45, 7) is 2.49. The number of aromatic nitrogens is 2. The smallest absolute Gasteiger partial charge is 0.251 e. The number of nitrogens with zero attached hydrogens (tertiary/aromatic N) is 3. The van der Waals surface area contributed by atoms with Crippen molar-refractivity contribution in [1.29, 1.82) is 0 Å². The maximum Gasteiger partial charge on any atom is 0.251 e. The summed E-state index contributed by atoms with van der Waals surface area (Å²) >= 11 is 0. The van der Waals surface area contributed by atoms with Crippen molar-refractivity contribution in [2.24, 2.45) is 0 Å². The van der Waals surface area contributed by atoms with Crippen LogP contribution in [0, 0.1) is 6.92 Å². The van der Waals surface area contributed by atoms with Gasteiger partial charge in [0.05, 0.1) is 12.1 Å². The van der Waals surface area contributed by atoms with Crippen molar-refractivity contribution < 1.29 is 9.59 Å². The third-order valence-corrected chi connectivity index (χ3v) is 4.35. The first-order valence-corrected chi connectivity index (χ1v) is 8.46. The van der Waals surface area contributed by atoms with Crippen molar-refractivity contribution in [2.45, 2.75) is 19.9 Å². The minimum absolute atomic E-state index is 0.00133. The van der Waals surface area contributed by atoms with Crippen LogP contribution in [-0.2, 0) is 17.8 Å². The quantitative estimate of drug-likeness (QED) is 0.767. The fourth-order valence-electron chi connectivity index (χ4n) is 2.85. The first-order valence-electron chi connectivity index (χ1n) is 8.46. The maximum atomic E-state index is 12.5. The summed E-state index contributed by atoms with van der Waals surface area (Å²) in [5, 5.41) is 2.59. The Bertz CT molecular complexity index is 944. The van der Waals surface area contributed by atoms with E-state index in [4.69, 9.17) is 0 Å². The normalized spacial score (nSPS) is 10.7. The van der Waals surface area contributed by atoms with E-state index in [1.54, 1.807) is 31.1 Å².